The van der Waals surface area contributed by atoms with Crippen LogP contribution in [0.2, 0.25) is 0 Å². The highest BCUT2D eigenvalue weighted by Crippen LogP contribution is 2.21. The molecule has 2 rings (SSSR count). The molecule has 1 amide bonds. The van der Waals surface area contributed by atoms with Gasteiger partial charge in [0.05, 0.1) is 5.69 Å². The fraction of sp³-hybridized carbons (Fsp3) is 0.789. The van der Waals surface area contributed by atoms with E-state index in [0.29, 0.717) is 0 Å². The number of aryl methyl sites for hydroxylation is 1. The minimum absolute atomic E-state index is 0.108. The minimum atomic E-state index is 0.108. The van der Waals surface area contributed by atoms with Gasteiger partial charge in [-0.25, -0.2) is 0 Å². The summed E-state index contributed by atoms with van der Waals surface area (Å²) in [5.74, 6) is 0.915. The number of nitrogens with zero attached hydrogens (tertiary/aromatic N) is 3. The number of carbonyl (C=O) groups is 1. The first-order valence-corrected chi connectivity index (χ1v) is 9.59. The Morgan fingerprint density at radius 3 is 2.79 bits per heavy atom. The van der Waals surface area contributed by atoms with Crippen molar-refractivity contribution < 1.29 is 4.79 Å². The van der Waals surface area contributed by atoms with Crippen molar-refractivity contribution in [1.82, 2.24) is 20.0 Å². The van der Waals surface area contributed by atoms with Gasteiger partial charge in [0.1, 0.15) is 5.69 Å². The van der Waals surface area contributed by atoms with Gasteiger partial charge >= 0.3 is 0 Å². The Morgan fingerprint density at radius 1 is 1.33 bits per heavy atom. The Kier molecular flexibility index (Phi) is 7.28. The maximum absolute atomic E-state index is 12.9. The second-order valence-electron chi connectivity index (χ2n) is 7.11. The van der Waals surface area contributed by atoms with Crippen molar-refractivity contribution in [2.45, 2.75) is 65.3 Å². The molecule has 0 aliphatic carbocycles. The smallest absolute Gasteiger partial charge is 0.272 e. The van der Waals surface area contributed by atoms with Crippen molar-refractivity contribution >= 4 is 5.91 Å². The summed E-state index contributed by atoms with van der Waals surface area (Å²) < 4.78 is 1.77. The van der Waals surface area contributed by atoms with E-state index in [1.165, 1.54) is 32.1 Å². The lowest BCUT2D eigenvalue weighted by Crippen LogP contribution is -2.32. The minimum Gasteiger partial charge on any atom is -0.340 e. The van der Waals surface area contributed by atoms with Crippen LogP contribution in [0.25, 0.3) is 0 Å². The summed E-state index contributed by atoms with van der Waals surface area (Å²) in [4.78, 5) is 14.7. The van der Waals surface area contributed by atoms with E-state index >= 15 is 0 Å². The highest BCUT2D eigenvalue weighted by Gasteiger charge is 2.25. The molecule has 2 heterocycles. The van der Waals surface area contributed by atoms with E-state index in [2.05, 4.69) is 24.3 Å². The molecule has 5 heteroatoms. The molecular weight excluding hydrogens is 300 g/mol. The molecule has 0 fully saturated rings. The van der Waals surface area contributed by atoms with Gasteiger partial charge in [0.25, 0.3) is 5.91 Å². The van der Waals surface area contributed by atoms with Crippen LogP contribution in [0.3, 0.4) is 0 Å². The van der Waals surface area contributed by atoms with Gasteiger partial charge in [-0.3, -0.25) is 9.48 Å². The number of nitrogens with one attached hydrogen (secondary N) is 1. The van der Waals surface area contributed by atoms with Crippen LogP contribution in [0.4, 0.5) is 0 Å². The molecule has 1 aromatic rings. The van der Waals surface area contributed by atoms with Crippen LogP contribution in [-0.2, 0) is 20.0 Å². The first-order valence-electron chi connectivity index (χ1n) is 9.59. The van der Waals surface area contributed by atoms with Gasteiger partial charge in [-0.2, -0.15) is 5.10 Å². The molecule has 0 saturated heterocycles. The van der Waals surface area contributed by atoms with Crippen LogP contribution in [0.5, 0.6) is 0 Å². The molecule has 0 saturated carbocycles. The van der Waals surface area contributed by atoms with Crippen LogP contribution < -0.4 is 5.32 Å². The third-order valence-corrected chi connectivity index (χ3v) is 5.27. The lowest BCUT2D eigenvalue weighted by molar-refractivity contribution is 0.0778. The summed E-state index contributed by atoms with van der Waals surface area (Å²) in [7, 11) is 3.81. The molecule has 1 unspecified atom stereocenters. The van der Waals surface area contributed by atoms with E-state index in [1.807, 2.05) is 19.0 Å². The van der Waals surface area contributed by atoms with Crippen molar-refractivity contribution in [2.24, 2.45) is 13.0 Å². The van der Waals surface area contributed by atoms with E-state index in [1.54, 1.807) is 4.68 Å². The third kappa shape index (κ3) is 4.59. The van der Waals surface area contributed by atoms with Crippen LogP contribution in [0.1, 0.15) is 74.1 Å². The molecule has 1 N–H and O–H groups in total. The second-order valence-corrected chi connectivity index (χ2v) is 7.11. The summed E-state index contributed by atoms with van der Waals surface area (Å²) in [6, 6.07) is 0. The number of rotatable bonds is 9. The zero-order valence-corrected chi connectivity index (χ0v) is 15.9. The average Bonchev–Trinajstić information content (AvgIpc) is 2.92. The number of amides is 1. The third-order valence-electron chi connectivity index (χ3n) is 5.27. The number of unbranched alkanes of at least 4 members (excludes halogenated alkanes) is 1. The summed E-state index contributed by atoms with van der Waals surface area (Å²) >= 11 is 0. The van der Waals surface area contributed by atoms with E-state index in [0.717, 1.165) is 55.3 Å². The fourth-order valence-corrected chi connectivity index (χ4v) is 3.64. The van der Waals surface area contributed by atoms with Crippen LogP contribution in [-0.4, -0.2) is 40.7 Å². The first-order chi connectivity index (χ1) is 11.6. The van der Waals surface area contributed by atoms with Crippen LogP contribution in [0.15, 0.2) is 0 Å². The molecule has 1 aromatic heterocycles. The lowest BCUT2D eigenvalue weighted by Gasteiger charge is -2.21. The van der Waals surface area contributed by atoms with Crippen molar-refractivity contribution in [3.05, 3.63) is 17.0 Å². The molecule has 24 heavy (non-hydrogen) atoms. The highest BCUT2D eigenvalue weighted by molar-refractivity contribution is 5.94. The number of hydrogen-bond acceptors (Lipinski definition) is 3. The summed E-state index contributed by atoms with van der Waals surface area (Å²) in [6.45, 7) is 7.07. The largest absolute Gasteiger partial charge is 0.340 e. The normalized spacial score (nSPS) is 15.2. The monoisotopic (exact) mass is 334 g/mol. The lowest BCUT2D eigenvalue weighted by atomic mass is 9.94. The molecule has 5 nitrogen and oxygen atoms in total. The molecule has 0 aromatic carbocycles. The maximum Gasteiger partial charge on any atom is 0.272 e. The van der Waals surface area contributed by atoms with E-state index in [9.17, 15) is 4.79 Å². The van der Waals surface area contributed by atoms with Gasteiger partial charge in [0, 0.05) is 45.7 Å². The summed E-state index contributed by atoms with van der Waals surface area (Å²) in [5.41, 5.74) is 2.94. The Balaban J connectivity index is 1.90. The van der Waals surface area contributed by atoms with Gasteiger partial charge < -0.3 is 10.2 Å². The quantitative estimate of drug-likeness (QED) is 0.755. The van der Waals surface area contributed by atoms with Gasteiger partial charge in [-0.15, -0.1) is 0 Å². The van der Waals surface area contributed by atoms with Crippen molar-refractivity contribution in [1.29, 1.82) is 0 Å². The van der Waals surface area contributed by atoms with Crippen LogP contribution in [0, 0.1) is 5.92 Å². The zero-order valence-electron chi connectivity index (χ0n) is 15.9. The number of carbonyl (C=O) groups excluding carboxylic acids is 1. The highest BCUT2D eigenvalue weighted by atomic mass is 16.2. The summed E-state index contributed by atoms with van der Waals surface area (Å²) in [6.07, 6.45) is 8.39. The SMILES string of the molecule is CCCCC(CC)CCCN(C)C(=O)c1c2c(nn1C)CCNC2. The molecule has 1 atom stereocenters. The van der Waals surface area contributed by atoms with Crippen molar-refractivity contribution in [3.63, 3.8) is 0 Å². The fourth-order valence-electron chi connectivity index (χ4n) is 3.64. The van der Waals surface area contributed by atoms with E-state index in [4.69, 9.17) is 0 Å². The Bertz CT molecular complexity index is 538. The predicted octanol–water partition coefficient (Wildman–Crippen LogP) is 3.13. The number of fused-ring (bicyclic) bond motifs is 1. The molecular formula is C19H34N4O. The van der Waals surface area contributed by atoms with Gasteiger partial charge in [0.15, 0.2) is 0 Å². The Labute approximate surface area is 146 Å². The van der Waals surface area contributed by atoms with Crippen molar-refractivity contribution in [3.8, 4) is 0 Å². The van der Waals surface area contributed by atoms with Gasteiger partial charge in [-0.05, 0) is 18.8 Å². The van der Waals surface area contributed by atoms with Crippen molar-refractivity contribution in [2.75, 3.05) is 20.1 Å². The van der Waals surface area contributed by atoms with E-state index in [-0.39, 0.29) is 5.91 Å². The summed E-state index contributed by atoms with van der Waals surface area (Å²) in [5, 5.41) is 7.89. The number of hydrogen-bond donors (Lipinski definition) is 1. The molecule has 0 radical (unpaired) electrons. The van der Waals surface area contributed by atoms with Crippen LogP contribution >= 0.6 is 0 Å². The molecule has 1 aliphatic heterocycles. The number of aromatic nitrogens is 2. The molecule has 0 spiro atoms. The predicted molar refractivity (Wildman–Crippen MR) is 98.1 cm³/mol. The van der Waals surface area contributed by atoms with Gasteiger partial charge in [0.2, 0.25) is 0 Å². The molecule has 0 bridgehead atoms. The molecule has 136 valence electrons. The first kappa shape index (κ1) is 19.0. The Hall–Kier alpha value is -1.36. The van der Waals surface area contributed by atoms with Gasteiger partial charge in [-0.1, -0.05) is 39.5 Å². The second kappa shape index (κ2) is 9.21. The maximum atomic E-state index is 12.9. The zero-order chi connectivity index (χ0) is 17.5. The topological polar surface area (TPSA) is 50.2 Å². The molecule has 1 aliphatic rings. The average molecular weight is 335 g/mol. The standard InChI is InChI=1S/C19H34N4O/c1-5-7-9-15(6-2)10-8-13-22(3)19(24)18-16-14-20-12-11-17(16)21-23(18)4/h15,20H,5-14H2,1-4H3. The van der Waals surface area contributed by atoms with E-state index < -0.39 is 0 Å². The Morgan fingerprint density at radius 2 is 2.08 bits per heavy atom.